The van der Waals surface area contributed by atoms with E-state index in [1.165, 1.54) is 25.4 Å². The molecule has 26 heavy (non-hydrogen) atoms. The van der Waals surface area contributed by atoms with Gasteiger partial charge in [-0.1, -0.05) is 11.6 Å². The summed E-state index contributed by atoms with van der Waals surface area (Å²) in [6.45, 7) is 0. The number of benzene rings is 1. The van der Waals surface area contributed by atoms with E-state index in [4.69, 9.17) is 16.3 Å². The van der Waals surface area contributed by atoms with Gasteiger partial charge < -0.3 is 9.72 Å². The number of methoxy groups -OCH3 is 1. The molecular formula is C16H12ClN3O5S. The predicted octanol–water partition coefficient (Wildman–Crippen LogP) is 1.70. The average molecular weight is 394 g/mol. The molecule has 0 aliphatic carbocycles. The molecule has 2 aromatic heterocycles. The molecule has 0 aliphatic rings. The van der Waals surface area contributed by atoms with Crippen LogP contribution in [0, 0.1) is 0 Å². The SMILES string of the molecule is COc1ccc2nc(Cl)c(C(=O)NS(=O)(=O)c3ccc[nH]c3=O)cc2c1. The first kappa shape index (κ1) is 17.9. The van der Waals surface area contributed by atoms with Crippen molar-refractivity contribution >= 4 is 38.4 Å². The normalized spacial score (nSPS) is 11.3. The number of hydrogen-bond donors (Lipinski definition) is 2. The Morgan fingerprint density at radius 1 is 1.27 bits per heavy atom. The molecule has 3 rings (SSSR count). The van der Waals surface area contributed by atoms with E-state index < -0.39 is 26.4 Å². The molecule has 0 unspecified atom stereocenters. The molecule has 2 heterocycles. The Kier molecular flexibility index (Phi) is 4.66. The van der Waals surface area contributed by atoms with Crippen molar-refractivity contribution in [2.75, 3.05) is 7.11 Å². The summed E-state index contributed by atoms with van der Waals surface area (Å²) in [5.41, 5.74) is -0.488. The van der Waals surface area contributed by atoms with Crippen molar-refractivity contribution < 1.29 is 17.9 Å². The number of pyridine rings is 2. The van der Waals surface area contributed by atoms with Gasteiger partial charge in [-0.15, -0.1) is 0 Å². The summed E-state index contributed by atoms with van der Waals surface area (Å²) in [7, 11) is -2.89. The van der Waals surface area contributed by atoms with Crippen LogP contribution < -0.4 is 15.0 Å². The lowest BCUT2D eigenvalue weighted by Gasteiger charge is -2.09. The van der Waals surface area contributed by atoms with Crippen LogP contribution in [0.25, 0.3) is 10.9 Å². The molecule has 0 fully saturated rings. The van der Waals surface area contributed by atoms with Crippen molar-refractivity contribution in [3.63, 3.8) is 0 Å². The van der Waals surface area contributed by atoms with Gasteiger partial charge in [0.1, 0.15) is 10.9 Å². The molecule has 0 spiro atoms. The maximum absolute atomic E-state index is 12.4. The number of rotatable bonds is 4. The molecule has 134 valence electrons. The van der Waals surface area contributed by atoms with Crippen LogP contribution in [0.4, 0.5) is 0 Å². The van der Waals surface area contributed by atoms with Crippen LogP contribution in [0.15, 0.2) is 52.3 Å². The van der Waals surface area contributed by atoms with Gasteiger partial charge in [-0.05, 0) is 36.4 Å². The third-order valence-corrected chi connectivity index (χ3v) is 5.16. The zero-order valence-electron chi connectivity index (χ0n) is 13.3. The minimum atomic E-state index is -4.38. The molecule has 0 saturated heterocycles. The fourth-order valence-electron chi connectivity index (χ4n) is 2.27. The molecule has 1 aromatic carbocycles. The Morgan fingerprint density at radius 2 is 2.04 bits per heavy atom. The first-order valence-electron chi connectivity index (χ1n) is 7.21. The summed E-state index contributed by atoms with van der Waals surface area (Å²) in [4.78, 5) is 29.8. The zero-order valence-corrected chi connectivity index (χ0v) is 14.9. The summed E-state index contributed by atoms with van der Waals surface area (Å²) in [6, 6.07) is 8.77. The third kappa shape index (κ3) is 3.39. The van der Waals surface area contributed by atoms with Crippen LogP contribution in [0.2, 0.25) is 5.15 Å². The molecule has 0 radical (unpaired) electrons. The quantitative estimate of drug-likeness (QED) is 0.651. The molecular weight excluding hydrogens is 382 g/mol. The highest BCUT2D eigenvalue weighted by atomic mass is 35.5. The summed E-state index contributed by atoms with van der Waals surface area (Å²) in [6.07, 6.45) is 1.28. The Morgan fingerprint density at radius 3 is 2.73 bits per heavy atom. The highest BCUT2D eigenvalue weighted by Crippen LogP contribution is 2.24. The lowest BCUT2D eigenvalue weighted by molar-refractivity contribution is 0.0981. The Bertz CT molecular complexity index is 1170. The number of nitrogens with one attached hydrogen (secondary N) is 2. The van der Waals surface area contributed by atoms with Gasteiger partial charge in [0.2, 0.25) is 0 Å². The van der Waals surface area contributed by atoms with E-state index in [1.807, 2.05) is 4.72 Å². The molecule has 10 heteroatoms. The number of carbonyl (C=O) groups is 1. The molecule has 2 N–H and O–H groups in total. The van der Waals surface area contributed by atoms with Crippen LogP contribution >= 0.6 is 11.6 Å². The number of aromatic nitrogens is 2. The van der Waals surface area contributed by atoms with Gasteiger partial charge in [-0.2, -0.15) is 0 Å². The molecule has 3 aromatic rings. The predicted molar refractivity (Wildman–Crippen MR) is 95.0 cm³/mol. The van der Waals surface area contributed by atoms with Crippen LogP contribution in [-0.2, 0) is 10.0 Å². The van der Waals surface area contributed by atoms with E-state index >= 15 is 0 Å². The lowest BCUT2D eigenvalue weighted by atomic mass is 10.1. The molecule has 8 nitrogen and oxygen atoms in total. The van der Waals surface area contributed by atoms with Gasteiger partial charge >= 0.3 is 0 Å². The number of hydrogen-bond acceptors (Lipinski definition) is 6. The largest absolute Gasteiger partial charge is 0.497 e. The second-order valence-electron chi connectivity index (χ2n) is 5.18. The smallest absolute Gasteiger partial charge is 0.269 e. The number of sulfonamides is 1. The fraction of sp³-hybridized carbons (Fsp3) is 0.0625. The van der Waals surface area contributed by atoms with Crippen molar-refractivity contribution in [3.8, 4) is 5.75 Å². The van der Waals surface area contributed by atoms with Gasteiger partial charge in [0.05, 0.1) is 18.2 Å². The van der Waals surface area contributed by atoms with Gasteiger partial charge in [-0.3, -0.25) is 9.59 Å². The molecule has 0 saturated carbocycles. The number of fused-ring (bicyclic) bond motifs is 1. The number of nitrogens with zero attached hydrogens (tertiary/aromatic N) is 1. The maximum Gasteiger partial charge on any atom is 0.269 e. The van der Waals surface area contributed by atoms with Crippen LogP contribution in [0.3, 0.4) is 0 Å². The van der Waals surface area contributed by atoms with E-state index in [-0.39, 0.29) is 10.7 Å². The topological polar surface area (TPSA) is 118 Å². The first-order valence-corrected chi connectivity index (χ1v) is 9.07. The summed E-state index contributed by atoms with van der Waals surface area (Å²) < 4.78 is 31.5. The van der Waals surface area contributed by atoms with Crippen LogP contribution in [0.1, 0.15) is 10.4 Å². The summed E-state index contributed by atoms with van der Waals surface area (Å²) >= 11 is 6.01. The molecule has 0 atom stereocenters. The summed E-state index contributed by atoms with van der Waals surface area (Å²) in [5, 5.41) is 0.367. The van der Waals surface area contributed by atoms with Crippen LogP contribution in [-0.4, -0.2) is 31.4 Å². The highest BCUT2D eigenvalue weighted by Gasteiger charge is 2.23. The van der Waals surface area contributed by atoms with E-state index in [1.54, 1.807) is 18.2 Å². The molecule has 0 aliphatic heterocycles. The van der Waals surface area contributed by atoms with Crippen LogP contribution in [0.5, 0.6) is 5.75 Å². The fourth-order valence-corrected chi connectivity index (χ4v) is 3.52. The van der Waals surface area contributed by atoms with Gasteiger partial charge in [-0.25, -0.2) is 18.1 Å². The molecule has 1 amide bonds. The van der Waals surface area contributed by atoms with Crippen molar-refractivity contribution in [2.24, 2.45) is 0 Å². The minimum absolute atomic E-state index is 0.150. The van der Waals surface area contributed by atoms with Crippen molar-refractivity contribution in [1.82, 2.24) is 14.7 Å². The first-order chi connectivity index (χ1) is 12.3. The lowest BCUT2D eigenvalue weighted by Crippen LogP contribution is -2.34. The van der Waals surface area contributed by atoms with E-state index in [9.17, 15) is 18.0 Å². The monoisotopic (exact) mass is 393 g/mol. The van der Waals surface area contributed by atoms with E-state index in [2.05, 4.69) is 9.97 Å². The Balaban J connectivity index is 2.01. The van der Waals surface area contributed by atoms with Gasteiger partial charge in [0, 0.05) is 11.6 Å². The average Bonchev–Trinajstić information content (AvgIpc) is 2.60. The second kappa shape index (κ2) is 6.77. The number of aromatic amines is 1. The molecule has 0 bridgehead atoms. The van der Waals surface area contributed by atoms with Crippen molar-refractivity contribution in [3.05, 3.63) is 63.7 Å². The highest BCUT2D eigenvalue weighted by molar-refractivity contribution is 7.90. The Labute approximate surface area is 152 Å². The number of ether oxygens (including phenoxy) is 1. The number of amides is 1. The number of H-pyrrole nitrogens is 1. The Hall–Kier alpha value is -2.91. The van der Waals surface area contributed by atoms with Gasteiger partial charge in [0.15, 0.2) is 4.90 Å². The number of carbonyl (C=O) groups excluding carboxylic acids is 1. The van der Waals surface area contributed by atoms with Gasteiger partial charge in [0.25, 0.3) is 21.5 Å². The van der Waals surface area contributed by atoms with E-state index in [0.717, 1.165) is 6.07 Å². The van der Waals surface area contributed by atoms with Crippen molar-refractivity contribution in [2.45, 2.75) is 4.90 Å². The third-order valence-electron chi connectivity index (χ3n) is 3.52. The second-order valence-corrected chi connectivity index (χ2v) is 7.19. The summed E-state index contributed by atoms with van der Waals surface area (Å²) in [5.74, 6) is -0.466. The zero-order chi connectivity index (χ0) is 18.9. The minimum Gasteiger partial charge on any atom is -0.497 e. The van der Waals surface area contributed by atoms with Crippen molar-refractivity contribution in [1.29, 1.82) is 0 Å². The maximum atomic E-state index is 12.4. The standard InChI is InChI=1S/C16H12ClN3O5S/c1-25-10-4-5-12-9(7-10)8-11(14(17)19-12)15(21)20-26(23,24)13-3-2-6-18-16(13)22/h2-8H,1H3,(H,18,22)(H,20,21). The van der Waals surface area contributed by atoms with E-state index in [0.29, 0.717) is 16.7 Å². The number of halogens is 1.